The number of halogens is 1. The molecule has 0 radical (unpaired) electrons. The smallest absolute Gasteiger partial charge is 0.364 e. The lowest BCUT2D eigenvalue weighted by Gasteiger charge is -2.40. The summed E-state index contributed by atoms with van der Waals surface area (Å²) in [6.07, 6.45) is 16.6. The molecule has 0 saturated heterocycles. The minimum absolute atomic E-state index is 0.0278. The first-order chi connectivity index (χ1) is 25.6. The zero-order valence-electron chi connectivity index (χ0n) is 33.8. The Hall–Kier alpha value is -3.92. The normalized spacial score (nSPS) is 14.6. The Kier molecular flexibility index (Phi) is 18.9. The fraction of sp³-hybridized carbons (Fsp3) is 0.587. The summed E-state index contributed by atoms with van der Waals surface area (Å²) in [6, 6.07) is 12.8. The fourth-order valence-corrected chi connectivity index (χ4v) is 7.74. The topological polar surface area (TPSA) is 79.6 Å². The van der Waals surface area contributed by atoms with Gasteiger partial charge >= 0.3 is 11.9 Å². The largest absolute Gasteiger partial charge is 0.462 e. The Morgan fingerprint density at radius 1 is 0.811 bits per heavy atom. The van der Waals surface area contributed by atoms with E-state index in [1.807, 2.05) is 13.0 Å². The van der Waals surface area contributed by atoms with Crippen LogP contribution in [0.5, 0.6) is 0 Å². The first kappa shape index (κ1) is 43.5. The number of hydrogen-bond donors (Lipinski definition) is 0. The number of allylic oxidation sites excluding steroid dienone is 4. The van der Waals surface area contributed by atoms with Crippen LogP contribution in [0, 0.1) is 23.1 Å². The summed E-state index contributed by atoms with van der Waals surface area (Å²) >= 11 is 0. The standard InChI is InChI=1S/C46H65FN2O4/c1-8-12-14-16-18-20-23-35-31-37(24-21-19-17-15-13-9-2)43(46(51)52-11-4)41(32-35)45(50)53-49-34(7)40(25-22-30-48)42(36-26-28-38(47)29-27-36)39(10-3)44(49)33(5)6/h26-29,31-33,42H,8-25H2,1-7H3. The molecular weight excluding hydrogens is 664 g/mol. The molecule has 0 fully saturated rings. The van der Waals surface area contributed by atoms with Crippen molar-refractivity contribution in [3.05, 3.63) is 92.6 Å². The van der Waals surface area contributed by atoms with Gasteiger partial charge in [0.1, 0.15) is 5.82 Å². The molecule has 1 atom stereocenters. The number of hydroxylamine groups is 2. The summed E-state index contributed by atoms with van der Waals surface area (Å²) in [5.41, 5.74) is 6.97. The van der Waals surface area contributed by atoms with Crippen LogP contribution < -0.4 is 0 Å². The molecule has 1 heterocycles. The third-order valence-corrected chi connectivity index (χ3v) is 10.4. The van der Waals surface area contributed by atoms with Gasteiger partial charge in [0.05, 0.1) is 35.2 Å². The van der Waals surface area contributed by atoms with Crippen LogP contribution in [0.1, 0.15) is 188 Å². The van der Waals surface area contributed by atoms with Gasteiger partial charge in [-0.05, 0) is 104 Å². The lowest BCUT2D eigenvalue weighted by atomic mass is 9.76. The average molecular weight is 729 g/mol. The number of benzene rings is 2. The number of unbranched alkanes of at least 4 members (excludes halogenated alkanes) is 10. The van der Waals surface area contributed by atoms with Crippen LogP contribution in [0.2, 0.25) is 0 Å². The van der Waals surface area contributed by atoms with Crippen molar-refractivity contribution in [2.75, 3.05) is 6.61 Å². The van der Waals surface area contributed by atoms with Crippen LogP contribution in [-0.4, -0.2) is 23.6 Å². The molecule has 6 nitrogen and oxygen atoms in total. The maximum Gasteiger partial charge on any atom is 0.364 e. The summed E-state index contributed by atoms with van der Waals surface area (Å²) in [6.45, 7) is 14.6. The van der Waals surface area contributed by atoms with Gasteiger partial charge in [-0.1, -0.05) is 117 Å². The van der Waals surface area contributed by atoms with E-state index in [0.29, 0.717) is 24.8 Å². The third kappa shape index (κ3) is 12.3. The third-order valence-electron chi connectivity index (χ3n) is 10.4. The van der Waals surface area contributed by atoms with Crippen molar-refractivity contribution in [1.29, 1.82) is 5.26 Å². The summed E-state index contributed by atoms with van der Waals surface area (Å²) < 4.78 is 19.7. The van der Waals surface area contributed by atoms with Crippen molar-refractivity contribution in [2.45, 2.75) is 164 Å². The first-order valence-electron chi connectivity index (χ1n) is 20.5. The molecule has 0 N–H and O–H groups in total. The fourth-order valence-electron chi connectivity index (χ4n) is 7.74. The molecule has 0 saturated carbocycles. The van der Waals surface area contributed by atoms with Gasteiger partial charge in [-0.25, -0.2) is 14.0 Å². The molecule has 1 unspecified atom stereocenters. The van der Waals surface area contributed by atoms with Crippen molar-refractivity contribution in [3.63, 3.8) is 0 Å². The number of hydrogen-bond acceptors (Lipinski definition) is 6. The predicted molar refractivity (Wildman–Crippen MR) is 213 cm³/mol. The van der Waals surface area contributed by atoms with Crippen molar-refractivity contribution in [1.82, 2.24) is 5.06 Å². The van der Waals surface area contributed by atoms with E-state index in [1.54, 1.807) is 24.1 Å². The number of rotatable bonds is 23. The molecule has 0 amide bonds. The van der Waals surface area contributed by atoms with Crippen molar-refractivity contribution >= 4 is 11.9 Å². The van der Waals surface area contributed by atoms with E-state index < -0.39 is 11.9 Å². The van der Waals surface area contributed by atoms with E-state index in [4.69, 9.17) is 9.57 Å². The maximum absolute atomic E-state index is 14.7. The van der Waals surface area contributed by atoms with Gasteiger partial charge in [0.25, 0.3) is 0 Å². The molecule has 0 bridgehead atoms. The average Bonchev–Trinajstić information content (AvgIpc) is 3.14. The van der Waals surface area contributed by atoms with Crippen molar-refractivity contribution < 1.29 is 23.6 Å². The van der Waals surface area contributed by atoms with E-state index in [9.17, 15) is 19.2 Å². The Bertz CT molecular complexity index is 1580. The number of nitrogens with zero attached hydrogens (tertiary/aromatic N) is 2. The monoisotopic (exact) mass is 728 g/mol. The maximum atomic E-state index is 14.7. The highest BCUT2D eigenvalue weighted by atomic mass is 19.1. The van der Waals surface area contributed by atoms with Crippen LogP contribution >= 0.6 is 0 Å². The molecular formula is C46H65FN2O4. The van der Waals surface area contributed by atoms with E-state index in [0.717, 1.165) is 77.8 Å². The highest BCUT2D eigenvalue weighted by Crippen LogP contribution is 2.47. The Labute approximate surface area is 319 Å². The molecule has 2 aromatic rings. The molecule has 1 aliphatic heterocycles. The van der Waals surface area contributed by atoms with Gasteiger partial charge in [-0.15, -0.1) is 0 Å². The van der Waals surface area contributed by atoms with E-state index in [2.05, 4.69) is 46.8 Å². The van der Waals surface area contributed by atoms with Crippen molar-refractivity contribution in [3.8, 4) is 6.07 Å². The zero-order valence-corrected chi connectivity index (χ0v) is 33.8. The minimum Gasteiger partial charge on any atom is -0.462 e. The zero-order chi connectivity index (χ0) is 38.8. The Balaban J connectivity index is 2.13. The van der Waals surface area contributed by atoms with E-state index in [1.165, 1.54) is 57.1 Å². The van der Waals surface area contributed by atoms with Gasteiger partial charge in [0, 0.05) is 12.3 Å². The summed E-state index contributed by atoms with van der Waals surface area (Å²) in [5.74, 6) is -1.62. The molecule has 53 heavy (non-hydrogen) atoms. The quantitative estimate of drug-likeness (QED) is 0.0837. The Morgan fingerprint density at radius 2 is 1.42 bits per heavy atom. The molecule has 2 aromatic carbocycles. The highest BCUT2D eigenvalue weighted by Gasteiger charge is 2.37. The number of nitriles is 1. The molecule has 0 spiro atoms. The number of esters is 1. The van der Waals surface area contributed by atoms with Gasteiger partial charge in [-0.3, -0.25) is 0 Å². The minimum atomic E-state index is -0.602. The lowest BCUT2D eigenvalue weighted by Crippen LogP contribution is -2.35. The van der Waals surface area contributed by atoms with Crippen LogP contribution in [0.15, 0.2) is 58.9 Å². The molecule has 290 valence electrons. The molecule has 0 aliphatic carbocycles. The second-order valence-electron chi connectivity index (χ2n) is 14.8. The second-order valence-corrected chi connectivity index (χ2v) is 14.8. The van der Waals surface area contributed by atoms with Gasteiger partial charge in [-0.2, -0.15) is 10.3 Å². The number of carbonyl (C=O) groups excluding carboxylic acids is 2. The highest BCUT2D eigenvalue weighted by molar-refractivity contribution is 6.04. The first-order valence-corrected chi connectivity index (χ1v) is 20.5. The van der Waals surface area contributed by atoms with Crippen LogP contribution in [0.25, 0.3) is 0 Å². The second kappa shape index (κ2) is 23.0. The van der Waals surface area contributed by atoms with Crippen molar-refractivity contribution in [2.24, 2.45) is 5.92 Å². The lowest BCUT2D eigenvalue weighted by molar-refractivity contribution is -0.0682. The molecule has 7 heteroatoms. The number of aryl methyl sites for hydroxylation is 2. The molecule has 3 rings (SSSR count). The summed E-state index contributed by atoms with van der Waals surface area (Å²) in [7, 11) is 0. The summed E-state index contributed by atoms with van der Waals surface area (Å²) in [4.78, 5) is 34.8. The van der Waals surface area contributed by atoms with Crippen LogP contribution in [-0.2, 0) is 22.4 Å². The molecule has 0 aromatic heterocycles. The van der Waals surface area contributed by atoms with Gasteiger partial charge < -0.3 is 9.57 Å². The SMILES string of the molecule is CCCCCCCCc1cc(CCCCCCCC)c(C(=O)OCC)c(C(=O)ON2C(C)=C(CCC#N)C(c3ccc(F)cc3)C(CC)=C2C(C)C)c1. The van der Waals surface area contributed by atoms with Gasteiger partial charge in [0.2, 0.25) is 0 Å². The number of ether oxygens (including phenoxy) is 1. The van der Waals surface area contributed by atoms with Crippen LogP contribution in [0.3, 0.4) is 0 Å². The summed E-state index contributed by atoms with van der Waals surface area (Å²) in [5, 5.41) is 11.3. The van der Waals surface area contributed by atoms with Gasteiger partial charge in [0.15, 0.2) is 0 Å². The number of carbonyl (C=O) groups is 2. The van der Waals surface area contributed by atoms with E-state index >= 15 is 0 Å². The van der Waals surface area contributed by atoms with E-state index in [-0.39, 0.29) is 36.2 Å². The predicted octanol–water partition coefficient (Wildman–Crippen LogP) is 12.9. The van der Waals surface area contributed by atoms with Crippen LogP contribution in [0.4, 0.5) is 4.39 Å². The Morgan fingerprint density at radius 3 is 1.98 bits per heavy atom. The molecule has 1 aliphatic rings.